The average Bonchev–Trinajstić information content (AvgIpc) is 3.56. The number of nitrogens with zero attached hydrogens (tertiary/aromatic N) is 1. The lowest BCUT2D eigenvalue weighted by atomic mass is 10.1. The second-order valence-electron chi connectivity index (χ2n) is 11.2. The van der Waals surface area contributed by atoms with Crippen LogP contribution in [-0.4, -0.2) is 12.5 Å². The summed E-state index contributed by atoms with van der Waals surface area (Å²) in [6.45, 7) is 3.28. The van der Waals surface area contributed by atoms with E-state index >= 15 is 0 Å². The van der Waals surface area contributed by atoms with Crippen LogP contribution in [0.15, 0.2) is 142 Å². The van der Waals surface area contributed by atoms with Gasteiger partial charge in [0.2, 0.25) is 11.7 Å². The lowest BCUT2D eigenvalue weighted by molar-refractivity contribution is -0.697. The number of rotatable bonds is 20. The lowest BCUT2D eigenvalue weighted by Gasteiger charge is -2.08. The summed E-state index contributed by atoms with van der Waals surface area (Å²) in [5, 5.41) is 4.63. The first-order valence-corrected chi connectivity index (χ1v) is 16.9. The number of amides is 1. The van der Waals surface area contributed by atoms with E-state index in [1.165, 1.54) is 6.07 Å². The van der Waals surface area contributed by atoms with Crippen molar-refractivity contribution in [2.45, 2.75) is 71.3 Å². The number of aryl methyl sites for hydroxylation is 1. The lowest BCUT2D eigenvalue weighted by Crippen LogP contribution is -2.33. The molecule has 0 aliphatic rings. The predicted molar refractivity (Wildman–Crippen MR) is 195 cm³/mol. The molecule has 0 bridgehead atoms. The number of ether oxygens (including phenoxy) is 1. The number of anilines is 1. The number of furan rings is 1. The highest BCUT2D eigenvalue weighted by Crippen LogP contribution is 2.35. The maximum Gasteiger partial charge on any atom is 0.336 e. The van der Waals surface area contributed by atoms with Crippen LogP contribution in [0.5, 0.6) is 5.75 Å². The highest BCUT2D eigenvalue weighted by molar-refractivity contribution is 5.99. The molecule has 4 aromatic rings. The number of pyridine rings is 1. The van der Waals surface area contributed by atoms with Crippen molar-refractivity contribution in [2.24, 2.45) is 0 Å². The minimum absolute atomic E-state index is 0.00772. The molecular weight excluding hydrogens is 600 g/mol. The molecule has 0 unspecified atom stereocenters. The van der Waals surface area contributed by atoms with Gasteiger partial charge in [-0.3, -0.25) is 4.79 Å². The highest BCUT2D eigenvalue weighted by Gasteiger charge is 2.15. The van der Waals surface area contributed by atoms with Crippen molar-refractivity contribution in [1.82, 2.24) is 0 Å². The molecule has 1 aromatic carbocycles. The van der Waals surface area contributed by atoms with Crippen LogP contribution < -0.4 is 20.2 Å². The molecule has 0 spiro atoms. The molecule has 0 atom stereocenters. The SMILES string of the molecule is CCC=CCC=CCC=CCC=CCC=CCC=CCCC(=O)Nc1cc[n+](CCCOc2c3occc3cc3ccc(=O)oc23)cc1. The van der Waals surface area contributed by atoms with Crippen LogP contribution in [0.4, 0.5) is 5.69 Å². The smallest absolute Gasteiger partial charge is 0.336 e. The van der Waals surface area contributed by atoms with E-state index in [0.717, 1.165) is 61.4 Å². The van der Waals surface area contributed by atoms with Gasteiger partial charge in [0, 0.05) is 41.8 Å². The first-order chi connectivity index (χ1) is 23.6. The largest absolute Gasteiger partial charge is 0.486 e. The van der Waals surface area contributed by atoms with Gasteiger partial charge in [0.1, 0.15) is 0 Å². The van der Waals surface area contributed by atoms with E-state index in [9.17, 15) is 9.59 Å². The van der Waals surface area contributed by atoms with Gasteiger partial charge in [0.05, 0.1) is 18.6 Å². The van der Waals surface area contributed by atoms with Crippen molar-refractivity contribution >= 4 is 33.5 Å². The Hall–Kier alpha value is -5.17. The maximum absolute atomic E-state index is 12.4. The van der Waals surface area contributed by atoms with Crippen molar-refractivity contribution in [3.63, 3.8) is 0 Å². The van der Waals surface area contributed by atoms with Gasteiger partial charge in [0.25, 0.3) is 0 Å². The molecule has 0 radical (unpaired) electrons. The maximum atomic E-state index is 12.4. The molecule has 0 aliphatic heterocycles. The molecule has 1 N–H and O–H groups in total. The first kappa shape index (κ1) is 35.7. The molecule has 0 aliphatic carbocycles. The molecule has 7 heteroatoms. The van der Waals surface area contributed by atoms with Crippen LogP contribution in [0.25, 0.3) is 21.9 Å². The second-order valence-corrected chi connectivity index (χ2v) is 11.2. The van der Waals surface area contributed by atoms with Gasteiger partial charge in [-0.05, 0) is 63.1 Å². The number of hydrogen-bond acceptors (Lipinski definition) is 5. The second kappa shape index (κ2) is 20.9. The molecule has 0 fully saturated rings. The van der Waals surface area contributed by atoms with Gasteiger partial charge in [-0.2, -0.15) is 0 Å². The Morgan fingerprint density at radius 2 is 1.38 bits per heavy atom. The van der Waals surface area contributed by atoms with Crippen molar-refractivity contribution < 1.29 is 22.9 Å². The third kappa shape index (κ3) is 12.6. The van der Waals surface area contributed by atoms with E-state index in [2.05, 4.69) is 85.2 Å². The van der Waals surface area contributed by atoms with Gasteiger partial charge in [-0.1, -0.05) is 79.8 Å². The first-order valence-electron chi connectivity index (χ1n) is 16.9. The number of benzene rings is 1. The van der Waals surface area contributed by atoms with Crippen LogP contribution >= 0.6 is 0 Å². The number of nitrogens with one attached hydrogen (secondary N) is 1. The summed E-state index contributed by atoms with van der Waals surface area (Å²) in [5.41, 5.74) is 1.28. The minimum Gasteiger partial charge on any atom is -0.486 e. The van der Waals surface area contributed by atoms with Crippen molar-refractivity contribution in [3.05, 3.63) is 138 Å². The monoisotopic (exact) mass is 647 g/mol. The van der Waals surface area contributed by atoms with Crippen LogP contribution in [-0.2, 0) is 11.3 Å². The van der Waals surface area contributed by atoms with Gasteiger partial charge in [0.15, 0.2) is 30.1 Å². The Bertz CT molecular complexity index is 1800. The minimum atomic E-state index is -0.435. The van der Waals surface area contributed by atoms with Gasteiger partial charge >= 0.3 is 5.63 Å². The van der Waals surface area contributed by atoms with Gasteiger partial charge in [-0.25, -0.2) is 9.36 Å². The standard InChI is InChI=1S/C41H46N2O5/c1-2-3-4-5-6-7-8-9-10-11-12-13-14-15-16-17-18-19-20-22-37(44)42-36-25-29-43(30-26-36)28-21-31-46-41-39-35(27-32-47-39)33-34-23-24-38(45)48-40(34)41/h3-4,6-7,9-10,12-13,15-16,18-19,23-27,29-30,32-33H,2,5,8,11,14,17,20-22,28,31H2,1H3/p+1. The van der Waals surface area contributed by atoms with Crippen molar-refractivity contribution in [1.29, 1.82) is 0 Å². The topological polar surface area (TPSA) is 85.6 Å². The molecule has 4 rings (SSSR count). The molecule has 3 heterocycles. The summed E-state index contributed by atoms with van der Waals surface area (Å²) in [6, 6.07) is 10.7. The predicted octanol–water partition coefficient (Wildman–Crippen LogP) is 9.71. The van der Waals surface area contributed by atoms with E-state index in [0.29, 0.717) is 42.9 Å². The zero-order valence-corrected chi connectivity index (χ0v) is 27.9. The molecular formula is C41H47N2O5+. The zero-order valence-electron chi connectivity index (χ0n) is 27.9. The Morgan fingerprint density at radius 3 is 2.02 bits per heavy atom. The fraction of sp³-hybridized carbons (Fsp3) is 0.293. The van der Waals surface area contributed by atoms with Crippen LogP contribution in [0.3, 0.4) is 0 Å². The molecule has 7 nitrogen and oxygen atoms in total. The molecule has 250 valence electrons. The third-order valence-corrected chi connectivity index (χ3v) is 7.40. The molecule has 0 saturated carbocycles. The molecule has 1 amide bonds. The summed E-state index contributed by atoms with van der Waals surface area (Å²) in [4.78, 5) is 24.2. The number of aromatic nitrogens is 1. The third-order valence-electron chi connectivity index (χ3n) is 7.40. The normalized spacial score (nSPS) is 12.4. The van der Waals surface area contributed by atoms with E-state index in [-0.39, 0.29) is 5.91 Å². The summed E-state index contributed by atoms with van der Waals surface area (Å²) in [7, 11) is 0. The highest BCUT2D eigenvalue weighted by atomic mass is 16.5. The van der Waals surface area contributed by atoms with Crippen LogP contribution in [0.2, 0.25) is 0 Å². The Balaban J connectivity index is 1.06. The fourth-order valence-corrected chi connectivity index (χ4v) is 4.93. The number of hydrogen-bond donors (Lipinski definition) is 1. The van der Waals surface area contributed by atoms with E-state index < -0.39 is 5.63 Å². The summed E-state index contributed by atoms with van der Waals surface area (Å²) < 4.78 is 19.1. The summed E-state index contributed by atoms with van der Waals surface area (Å²) >= 11 is 0. The zero-order chi connectivity index (χ0) is 33.7. The average molecular weight is 648 g/mol. The number of carbonyl (C=O) groups is 1. The van der Waals surface area contributed by atoms with Crippen molar-refractivity contribution in [3.8, 4) is 5.75 Å². The van der Waals surface area contributed by atoms with Crippen LogP contribution in [0, 0.1) is 0 Å². The Kier molecular flexibility index (Phi) is 15.5. The number of allylic oxidation sites excluding steroid dienone is 12. The number of carbonyl (C=O) groups excluding carboxylic acids is 1. The molecule has 0 saturated heterocycles. The molecule has 3 aromatic heterocycles. The number of fused-ring (bicyclic) bond motifs is 2. The Labute approximate surface area is 283 Å². The quantitative estimate of drug-likeness (QED) is 0.0447. The summed E-state index contributed by atoms with van der Waals surface area (Å²) in [5.74, 6) is 0.434. The van der Waals surface area contributed by atoms with Crippen LogP contribution in [0.1, 0.15) is 64.7 Å². The van der Waals surface area contributed by atoms with Crippen molar-refractivity contribution in [2.75, 3.05) is 11.9 Å². The van der Waals surface area contributed by atoms with E-state index in [4.69, 9.17) is 13.6 Å². The fourth-order valence-electron chi connectivity index (χ4n) is 4.93. The van der Waals surface area contributed by atoms with Gasteiger partial charge in [-0.15, -0.1) is 0 Å². The van der Waals surface area contributed by atoms with E-state index in [1.54, 1.807) is 12.3 Å². The van der Waals surface area contributed by atoms with E-state index in [1.807, 2.05) is 41.2 Å². The Morgan fingerprint density at radius 1 is 0.771 bits per heavy atom. The van der Waals surface area contributed by atoms with Gasteiger partial charge < -0.3 is 18.9 Å². The summed E-state index contributed by atoms with van der Waals surface area (Å²) in [6.07, 6.45) is 39.3. The molecule has 48 heavy (non-hydrogen) atoms.